The molecule has 0 atom stereocenters. The predicted octanol–water partition coefficient (Wildman–Crippen LogP) is 3.45. The van der Waals surface area contributed by atoms with Crippen molar-refractivity contribution < 1.29 is 0 Å². The Hall–Kier alpha value is 0.200. The Balaban J connectivity index is 0.00000144. The average molecular weight is 340 g/mol. The van der Waals surface area contributed by atoms with E-state index in [1.807, 2.05) is 18.2 Å². The lowest BCUT2D eigenvalue weighted by molar-refractivity contribution is 0.205. The van der Waals surface area contributed by atoms with E-state index in [9.17, 15) is 0 Å². The molecule has 0 radical (unpaired) electrons. The van der Waals surface area contributed by atoms with Gasteiger partial charge in [-0.05, 0) is 49.7 Å². The Morgan fingerprint density at radius 3 is 2.65 bits per heavy atom. The van der Waals surface area contributed by atoms with Crippen LogP contribution >= 0.6 is 39.9 Å². The smallest absolute Gasteiger partial charge is 0.0410 e. The van der Waals surface area contributed by atoms with Crippen molar-refractivity contribution >= 4 is 39.9 Å². The summed E-state index contributed by atoms with van der Waals surface area (Å²) in [6.45, 7) is 3.12. The van der Waals surface area contributed by atoms with Crippen molar-refractivity contribution in [2.24, 2.45) is 5.73 Å². The minimum Gasteiger partial charge on any atom is -0.328 e. The lowest BCUT2D eigenvalue weighted by atomic mass is 10.1. The maximum absolute atomic E-state index is 6.00. The summed E-state index contributed by atoms with van der Waals surface area (Å²) in [6, 6.07) is 6.33. The van der Waals surface area contributed by atoms with Crippen molar-refractivity contribution in [1.29, 1.82) is 0 Å². The van der Waals surface area contributed by atoms with Crippen LogP contribution in [0.3, 0.4) is 0 Å². The standard InChI is InChI=1S/C12H16BrClN2.ClH/c13-12-2-1-10(14)7-9(12)8-16-5-3-11(15)4-6-16;/h1-2,7,11H,3-6,8,15H2;1H. The van der Waals surface area contributed by atoms with Crippen LogP contribution in [0.2, 0.25) is 5.02 Å². The fourth-order valence-electron chi connectivity index (χ4n) is 2.02. The van der Waals surface area contributed by atoms with Crippen molar-refractivity contribution in [2.45, 2.75) is 25.4 Å². The van der Waals surface area contributed by atoms with E-state index in [4.69, 9.17) is 17.3 Å². The van der Waals surface area contributed by atoms with E-state index < -0.39 is 0 Å². The predicted molar refractivity (Wildman–Crippen MR) is 78.9 cm³/mol. The molecule has 0 aliphatic carbocycles. The summed E-state index contributed by atoms with van der Waals surface area (Å²) in [4.78, 5) is 2.43. The molecule has 1 saturated heterocycles. The average Bonchev–Trinajstić information content (AvgIpc) is 2.27. The first-order chi connectivity index (χ1) is 7.65. The highest BCUT2D eigenvalue weighted by Gasteiger charge is 2.16. The van der Waals surface area contributed by atoms with Gasteiger partial charge in [0.15, 0.2) is 0 Å². The van der Waals surface area contributed by atoms with E-state index >= 15 is 0 Å². The third kappa shape index (κ3) is 4.42. The monoisotopic (exact) mass is 338 g/mol. The fraction of sp³-hybridized carbons (Fsp3) is 0.500. The molecule has 2 nitrogen and oxygen atoms in total. The van der Waals surface area contributed by atoms with Crippen molar-refractivity contribution in [2.75, 3.05) is 13.1 Å². The summed E-state index contributed by atoms with van der Waals surface area (Å²) in [7, 11) is 0. The van der Waals surface area contributed by atoms with Gasteiger partial charge in [0.2, 0.25) is 0 Å². The van der Waals surface area contributed by atoms with Crippen molar-refractivity contribution in [3.05, 3.63) is 33.3 Å². The highest BCUT2D eigenvalue weighted by atomic mass is 79.9. The third-order valence-corrected chi connectivity index (χ3v) is 4.04. The molecule has 96 valence electrons. The Bertz CT molecular complexity index is 366. The quantitative estimate of drug-likeness (QED) is 0.894. The second-order valence-electron chi connectivity index (χ2n) is 4.35. The van der Waals surface area contributed by atoms with E-state index in [-0.39, 0.29) is 12.4 Å². The zero-order chi connectivity index (χ0) is 11.5. The minimum absolute atomic E-state index is 0. The number of halogens is 3. The van der Waals surface area contributed by atoms with Gasteiger partial charge >= 0.3 is 0 Å². The zero-order valence-corrected chi connectivity index (χ0v) is 12.7. The van der Waals surface area contributed by atoms with Crippen LogP contribution in [0.1, 0.15) is 18.4 Å². The molecule has 1 heterocycles. The highest BCUT2D eigenvalue weighted by Crippen LogP contribution is 2.23. The molecular weight excluding hydrogens is 323 g/mol. The molecule has 0 unspecified atom stereocenters. The number of hydrogen-bond acceptors (Lipinski definition) is 2. The number of benzene rings is 1. The number of nitrogens with two attached hydrogens (primary N) is 1. The van der Waals surface area contributed by atoms with Gasteiger partial charge in [-0.15, -0.1) is 12.4 Å². The maximum atomic E-state index is 6.00. The molecule has 0 bridgehead atoms. The first kappa shape index (κ1) is 15.3. The second-order valence-corrected chi connectivity index (χ2v) is 5.64. The van der Waals surface area contributed by atoms with Crippen molar-refractivity contribution in [3.8, 4) is 0 Å². The molecule has 1 aromatic rings. The second kappa shape index (κ2) is 6.95. The van der Waals surface area contributed by atoms with Crippen LogP contribution in [0.4, 0.5) is 0 Å². The van der Waals surface area contributed by atoms with Gasteiger partial charge in [0, 0.05) is 22.1 Å². The van der Waals surface area contributed by atoms with Crippen LogP contribution in [0.5, 0.6) is 0 Å². The summed E-state index contributed by atoms with van der Waals surface area (Å²) in [5.74, 6) is 0. The topological polar surface area (TPSA) is 29.3 Å². The van der Waals surface area contributed by atoms with E-state index in [2.05, 4.69) is 20.8 Å². The maximum Gasteiger partial charge on any atom is 0.0410 e. The summed E-state index contributed by atoms with van der Waals surface area (Å²) >= 11 is 9.56. The van der Waals surface area contributed by atoms with Crippen LogP contribution in [0, 0.1) is 0 Å². The van der Waals surface area contributed by atoms with Crippen LogP contribution in [0.15, 0.2) is 22.7 Å². The van der Waals surface area contributed by atoms with Gasteiger partial charge < -0.3 is 5.73 Å². The molecule has 0 aromatic heterocycles. The molecule has 17 heavy (non-hydrogen) atoms. The van der Waals surface area contributed by atoms with E-state index in [0.717, 1.165) is 42.0 Å². The van der Waals surface area contributed by atoms with Crippen molar-refractivity contribution in [3.63, 3.8) is 0 Å². The first-order valence-corrected chi connectivity index (χ1v) is 6.74. The molecule has 1 fully saturated rings. The Labute approximate surface area is 122 Å². The SMILES string of the molecule is Cl.NC1CCN(Cc2cc(Cl)ccc2Br)CC1. The zero-order valence-electron chi connectivity index (χ0n) is 9.53. The largest absolute Gasteiger partial charge is 0.328 e. The van der Waals surface area contributed by atoms with Crippen LogP contribution in [0.25, 0.3) is 0 Å². The molecule has 0 saturated carbocycles. The van der Waals surface area contributed by atoms with Gasteiger partial charge in [-0.1, -0.05) is 27.5 Å². The highest BCUT2D eigenvalue weighted by molar-refractivity contribution is 9.10. The molecule has 1 aliphatic heterocycles. The molecule has 0 spiro atoms. The van der Waals surface area contributed by atoms with E-state index in [0.29, 0.717) is 6.04 Å². The van der Waals surface area contributed by atoms with E-state index in [1.54, 1.807) is 0 Å². The van der Waals surface area contributed by atoms with Gasteiger partial charge in [0.1, 0.15) is 0 Å². The van der Waals surface area contributed by atoms with Gasteiger partial charge in [-0.25, -0.2) is 0 Å². The molecule has 1 aliphatic rings. The normalized spacial score (nSPS) is 17.8. The van der Waals surface area contributed by atoms with Crippen LogP contribution in [-0.2, 0) is 6.54 Å². The van der Waals surface area contributed by atoms with E-state index in [1.165, 1.54) is 5.56 Å². The van der Waals surface area contributed by atoms with Gasteiger partial charge in [-0.3, -0.25) is 4.90 Å². The minimum atomic E-state index is 0. The molecule has 0 amide bonds. The first-order valence-electron chi connectivity index (χ1n) is 5.57. The van der Waals surface area contributed by atoms with Gasteiger partial charge in [-0.2, -0.15) is 0 Å². The Morgan fingerprint density at radius 2 is 2.00 bits per heavy atom. The Kier molecular flexibility index (Phi) is 6.24. The summed E-state index contributed by atoms with van der Waals surface area (Å²) in [5, 5.41) is 0.798. The number of nitrogens with zero attached hydrogens (tertiary/aromatic N) is 1. The third-order valence-electron chi connectivity index (χ3n) is 3.03. The van der Waals surface area contributed by atoms with Crippen LogP contribution < -0.4 is 5.73 Å². The van der Waals surface area contributed by atoms with Crippen LogP contribution in [-0.4, -0.2) is 24.0 Å². The number of piperidine rings is 1. The summed E-state index contributed by atoms with van der Waals surface area (Å²) < 4.78 is 1.13. The summed E-state index contributed by atoms with van der Waals surface area (Å²) in [5.41, 5.74) is 7.14. The van der Waals surface area contributed by atoms with Crippen molar-refractivity contribution in [1.82, 2.24) is 4.90 Å². The molecule has 5 heteroatoms. The number of likely N-dealkylation sites (tertiary alicyclic amines) is 1. The lowest BCUT2D eigenvalue weighted by Gasteiger charge is -2.30. The molecule has 1 aromatic carbocycles. The molecule has 2 N–H and O–H groups in total. The fourth-order valence-corrected chi connectivity index (χ4v) is 2.58. The van der Waals surface area contributed by atoms with Gasteiger partial charge in [0.25, 0.3) is 0 Å². The molecule has 2 rings (SSSR count). The lowest BCUT2D eigenvalue weighted by Crippen LogP contribution is -2.39. The molecular formula is C12H17BrCl2N2. The number of hydrogen-bond donors (Lipinski definition) is 1. The number of rotatable bonds is 2. The van der Waals surface area contributed by atoms with Gasteiger partial charge in [0.05, 0.1) is 0 Å². The Morgan fingerprint density at radius 1 is 1.35 bits per heavy atom. The summed E-state index contributed by atoms with van der Waals surface area (Å²) in [6.07, 6.45) is 2.19.